The van der Waals surface area contributed by atoms with Crippen molar-refractivity contribution in [1.82, 2.24) is 5.32 Å². The van der Waals surface area contributed by atoms with Crippen molar-refractivity contribution in [2.75, 3.05) is 19.8 Å². The van der Waals surface area contributed by atoms with E-state index in [1.54, 1.807) is 6.07 Å². The van der Waals surface area contributed by atoms with Gasteiger partial charge in [0.2, 0.25) is 0 Å². The van der Waals surface area contributed by atoms with Gasteiger partial charge in [0, 0.05) is 13.0 Å². The third-order valence-corrected chi connectivity index (χ3v) is 2.75. The molecule has 0 aliphatic carbocycles. The first kappa shape index (κ1) is 17.6. The van der Waals surface area contributed by atoms with E-state index in [-0.39, 0.29) is 13.0 Å². The molecule has 0 atom stereocenters. The minimum atomic E-state index is -4.14. The molecule has 0 aliphatic heterocycles. The van der Waals surface area contributed by atoms with E-state index in [0.29, 0.717) is 24.7 Å². The Labute approximate surface area is 123 Å². The van der Waals surface area contributed by atoms with Gasteiger partial charge in [0.25, 0.3) is 0 Å². The highest BCUT2D eigenvalue weighted by Gasteiger charge is 2.26. The summed E-state index contributed by atoms with van der Waals surface area (Å²) in [6.07, 6.45) is -5.04. The number of hydrogen-bond donors (Lipinski definition) is 1. The predicted octanol–water partition coefficient (Wildman–Crippen LogP) is 3.92. The van der Waals surface area contributed by atoms with Crippen molar-refractivity contribution in [2.24, 2.45) is 0 Å². The molecule has 1 aromatic rings. The smallest absolute Gasteiger partial charge is 0.389 e. The Balaban J connectivity index is 2.59. The van der Waals surface area contributed by atoms with Gasteiger partial charge < -0.3 is 14.8 Å². The van der Waals surface area contributed by atoms with Gasteiger partial charge >= 0.3 is 6.18 Å². The summed E-state index contributed by atoms with van der Waals surface area (Å²) < 4.78 is 47.1. The van der Waals surface area contributed by atoms with Gasteiger partial charge in [-0.05, 0) is 37.6 Å². The van der Waals surface area contributed by atoms with Crippen molar-refractivity contribution in [1.29, 1.82) is 0 Å². The normalized spacial score (nSPS) is 11.5. The summed E-state index contributed by atoms with van der Waals surface area (Å²) in [6, 6.07) is 5.47. The van der Waals surface area contributed by atoms with E-state index in [1.807, 2.05) is 26.0 Å². The molecule has 6 heteroatoms. The minimum absolute atomic E-state index is 0.0200. The first-order valence-electron chi connectivity index (χ1n) is 7.12. The van der Waals surface area contributed by atoms with Gasteiger partial charge in [-0.2, -0.15) is 13.2 Å². The van der Waals surface area contributed by atoms with E-state index >= 15 is 0 Å². The lowest BCUT2D eigenvalue weighted by molar-refractivity contribution is -0.136. The van der Waals surface area contributed by atoms with Crippen LogP contribution in [0.15, 0.2) is 18.2 Å². The molecular formula is C15H22F3NO2. The average molecular weight is 305 g/mol. The standard InChI is InChI=1S/C15H22F3NO2/c1-3-19-11-12-6-7-13(14(10-12)20-4-2)21-9-5-8-15(16,17)18/h6-7,10,19H,3-5,8-9,11H2,1-2H3. The Morgan fingerprint density at radius 2 is 1.86 bits per heavy atom. The van der Waals surface area contributed by atoms with E-state index < -0.39 is 12.6 Å². The molecule has 0 unspecified atom stereocenters. The van der Waals surface area contributed by atoms with Crippen molar-refractivity contribution in [3.63, 3.8) is 0 Å². The first-order valence-corrected chi connectivity index (χ1v) is 7.12. The van der Waals surface area contributed by atoms with E-state index in [0.717, 1.165) is 12.1 Å². The fourth-order valence-corrected chi connectivity index (χ4v) is 1.77. The zero-order valence-electron chi connectivity index (χ0n) is 12.4. The van der Waals surface area contributed by atoms with E-state index in [9.17, 15) is 13.2 Å². The van der Waals surface area contributed by atoms with Crippen molar-refractivity contribution in [2.45, 2.75) is 39.4 Å². The molecule has 0 saturated carbocycles. The summed E-state index contributed by atoms with van der Waals surface area (Å²) in [7, 11) is 0. The Kier molecular flexibility index (Phi) is 7.36. The number of hydrogen-bond acceptors (Lipinski definition) is 3. The van der Waals surface area contributed by atoms with Crippen LogP contribution in [0.5, 0.6) is 11.5 Å². The second-order valence-corrected chi connectivity index (χ2v) is 4.56. The van der Waals surface area contributed by atoms with Gasteiger partial charge in [-0.25, -0.2) is 0 Å². The maximum atomic E-state index is 12.1. The predicted molar refractivity (Wildman–Crippen MR) is 75.8 cm³/mol. The summed E-state index contributed by atoms with van der Waals surface area (Å²) in [5.74, 6) is 1.05. The van der Waals surface area contributed by atoms with Crippen LogP contribution in [-0.2, 0) is 6.54 Å². The van der Waals surface area contributed by atoms with Gasteiger partial charge in [-0.15, -0.1) is 0 Å². The SMILES string of the molecule is CCNCc1ccc(OCCCC(F)(F)F)c(OCC)c1. The van der Waals surface area contributed by atoms with Crippen LogP contribution in [0.4, 0.5) is 13.2 Å². The Morgan fingerprint density at radius 3 is 2.48 bits per heavy atom. The summed E-state index contributed by atoms with van der Waals surface area (Å²) >= 11 is 0. The topological polar surface area (TPSA) is 30.5 Å². The largest absolute Gasteiger partial charge is 0.490 e. The van der Waals surface area contributed by atoms with Gasteiger partial charge in [-0.1, -0.05) is 13.0 Å². The van der Waals surface area contributed by atoms with Crippen LogP contribution in [0.2, 0.25) is 0 Å². The van der Waals surface area contributed by atoms with Crippen molar-refractivity contribution in [3.8, 4) is 11.5 Å². The minimum Gasteiger partial charge on any atom is -0.490 e. The fraction of sp³-hybridized carbons (Fsp3) is 0.600. The summed E-state index contributed by atoms with van der Waals surface area (Å²) in [5, 5.41) is 3.20. The number of nitrogens with one attached hydrogen (secondary N) is 1. The van der Waals surface area contributed by atoms with Crippen LogP contribution in [0.1, 0.15) is 32.3 Å². The van der Waals surface area contributed by atoms with Crippen LogP contribution >= 0.6 is 0 Å². The van der Waals surface area contributed by atoms with Crippen LogP contribution in [0, 0.1) is 0 Å². The molecular weight excluding hydrogens is 283 g/mol. The molecule has 0 fully saturated rings. The van der Waals surface area contributed by atoms with Crippen LogP contribution in [-0.4, -0.2) is 25.9 Å². The molecule has 1 N–H and O–H groups in total. The number of benzene rings is 1. The summed E-state index contributed by atoms with van der Waals surface area (Å²) in [4.78, 5) is 0. The molecule has 1 aromatic carbocycles. The van der Waals surface area contributed by atoms with Crippen LogP contribution in [0.3, 0.4) is 0 Å². The molecule has 0 aliphatic rings. The molecule has 0 bridgehead atoms. The molecule has 0 heterocycles. The fourth-order valence-electron chi connectivity index (χ4n) is 1.77. The van der Waals surface area contributed by atoms with Crippen molar-refractivity contribution in [3.05, 3.63) is 23.8 Å². The molecule has 3 nitrogen and oxygen atoms in total. The van der Waals surface area contributed by atoms with Crippen molar-refractivity contribution < 1.29 is 22.6 Å². The van der Waals surface area contributed by atoms with Crippen LogP contribution < -0.4 is 14.8 Å². The number of rotatable bonds is 9. The van der Waals surface area contributed by atoms with Crippen LogP contribution in [0.25, 0.3) is 0 Å². The van der Waals surface area contributed by atoms with Gasteiger partial charge in [-0.3, -0.25) is 0 Å². The Morgan fingerprint density at radius 1 is 1.10 bits per heavy atom. The highest BCUT2D eigenvalue weighted by Crippen LogP contribution is 2.29. The van der Waals surface area contributed by atoms with Crippen molar-refractivity contribution >= 4 is 0 Å². The molecule has 0 saturated heterocycles. The van der Waals surface area contributed by atoms with Gasteiger partial charge in [0.1, 0.15) is 0 Å². The molecule has 1 rings (SSSR count). The second-order valence-electron chi connectivity index (χ2n) is 4.56. The Hall–Kier alpha value is -1.43. The lowest BCUT2D eigenvalue weighted by Gasteiger charge is -2.14. The molecule has 0 aromatic heterocycles. The van der Waals surface area contributed by atoms with Gasteiger partial charge in [0.05, 0.1) is 13.2 Å². The second kappa shape index (κ2) is 8.77. The third kappa shape index (κ3) is 7.22. The number of halogens is 3. The highest BCUT2D eigenvalue weighted by molar-refractivity contribution is 5.43. The maximum absolute atomic E-state index is 12.1. The zero-order chi connectivity index (χ0) is 15.7. The Bertz CT molecular complexity index is 422. The summed E-state index contributed by atoms with van der Waals surface area (Å²) in [6.45, 7) is 5.94. The average Bonchev–Trinajstić information content (AvgIpc) is 2.42. The van der Waals surface area contributed by atoms with Gasteiger partial charge in [0.15, 0.2) is 11.5 Å². The molecule has 0 spiro atoms. The lowest BCUT2D eigenvalue weighted by Crippen LogP contribution is -2.12. The number of ether oxygens (including phenoxy) is 2. The monoisotopic (exact) mass is 305 g/mol. The summed E-state index contributed by atoms with van der Waals surface area (Å²) in [5.41, 5.74) is 1.04. The molecule has 120 valence electrons. The third-order valence-electron chi connectivity index (χ3n) is 2.75. The van der Waals surface area contributed by atoms with E-state index in [4.69, 9.17) is 9.47 Å². The van der Waals surface area contributed by atoms with E-state index in [2.05, 4.69) is 5.32 Å². The molecule has 0 radical (unpaired) electrons. The quantitative estimate of drug-likeness (QED) is 0.702. The number of alkyl halides is 3. The molecule has 21 heavy (non-hydrogen) atoms. The molecule has 0 amide bonds. The highest BCUT2D eigenvalue weighted by atomic mass is 19.4. The lowest BCUT2D eigenvalue weighted by atomic mass is 10.2. The first-order chi connectivity index (χ1) is 9.96. The zero-order valence-corrected chi connectivity index (χ0v) is 12.4. The maximum Gasteiger partial charge on any atom is 0.389 e. The van der Waals surface area contributed by atoms with E-state index in [1.165, 1.54) is 0 Å².